The molecule has 88 valence electrons. The smallest absolute Gasteiger partial charge is 0.299 e. The van der Waals surface area contributed by atoms with Crippen LogP contribution in [0.15, 0.2) is 28.1 Å². The van der Waals surface area contributed by atoms with E-state index in [1.165, 1.54) is 5.06 Å². The van der Waals surface area contributed by atoms with Gasteiger partial charge < -0.3 is 4.52 Å². The maximum atomic E-state index is 11.9. The van der Waals surface area contributed by atoms with E-state index in [4.69, 9.17) is 9.36 Å². The summed E-state index contributed by atoms with van der Waals surface area (Å²) in [6.07, 6.45) is 0.862. The van der Waals surface area contributed by atoms with Crippen LogP contribution in [0.1, 0.15) is 16.9 Å². The Balaban J connectivity index is 1.82. The Labute approximate surface area is 102 Å². The number of rotatable bonds is 2. The Kier molecular flexibility index (Phi) is 2.66. The first-order valence-corrected chi connectivity index (χ1v) is 6.18. The van der Waals surface area contributed by atoms with E-state index in [-0.39, 0.29) is 11.6 Å². The predicted octanol–water partition coefficient (Wildman–Crippen LogP) is 2.18. The average Bonchev–Trinajstić information content (AvgIpc) is 3.09. The maximum absolute atomic E-state index is 11.9. The minimum absolute atomic E-state index is 0.242. The molecule has 5 nitrogen and oxygen atoms in total. The maximum Gasteiger partial charge on any atom is 0.299 e. The normalized spacial score (nSPS) is 15.4. The van der Waals surface area contributed by atoms with Gasteiger partial charge in [0, 0.05) is 6.07 Å². The van der Waals surface area contributed by atoms with Crippen LogP contribution in [-0.4, -0.2) is 29.3 Å². The highest BCUT2D eigenvalue weighted by Crippen LogP contribution is 2.25. The molecule has 0 unspecified atom stereocenters. The van der Waals surface area contributed by atoms with Gasteiger partial charge in [-0.15, -0.1) is 11.3 Å². The Morgan fingerprint density at radius 3 is 3.18 bits per heavy atom. The van der Waals surface area contributed by atoms with Gasteiger partial charge in [0.25, 0.3) is 5.91 Å². The van der Waals surface area contributed by atoms with Gasteiger partial charge in [0.2, 0.25) is 0 Å². The summed E-state index contributed by atoms with van der Waals surface area (Å²) in [4.78, 5) is 18.0. The van der Waals surface area contributed by atoms with Crippen molar-refractivity contribution in [2.75, 3.05) is 13.2 Å². The van der Waals surface area contributed by atoms with Crippen molar-refractivity contribution in [2.24, 2.45) is 0 Å². The van der Waals surface area contributed by atoms with Crippen LogP contribution in [0.2, 0.25) is 0 Å². The minimum Gasteiger partial charge on any atom is -0.355 e. The summed E-state index contributed by atoms with van der Waals surface area (Å²) in [6, 6.07) is 5.50. The molecule has 0 aliphatic carbocycles. The number of amides is 1. The lowest BCUT2D eigenvalue weighted by atomic mass is 10.3. The van der Waals surface area contributed by atoms with Gasteiger partial charge in [0.1, 0.15) is 0 Å². The molecule has 0 N–H and O–H groups in total. The van der Waals surface area contributed by atoms with Crippen molar-refractivity contribution < 1.29 is 14.2 Å². The van der Waals surface area contributed by atoms with Crippen LogP contribution in [0.25, 0.3) is 10.6 Å². The molecule has 0 radical (unpaired) electrons. The molecule has 0 saturated carbocycles. The van der Waals surface area contributed by atoms with E-state index in [1.54, 1.807) is 17.4 Å². The number of hydroxylamine groups is 2. The molecule has 3 rings (SSSR count). The van der Waals surface area contributed by atoms with Crippen molar-refractivity contribution in [3.63, 3.8) is 0 Å². The quantitative estimate of drug-likeness (QED) is 0.819. The zero-order chi connectivity index (χ0) is 11.7. The van der Waals surface area contributed by atoms with Crippen molar-refractivity contribution in [1.29, 1.82) is 0 Å². The van der Waals surface area contributed by atoms with Crippen molar-refractivity contribution in [3.8, 4) is 10.6 Å². The lowest BCUT2D eigenvalue weighted by Crippen LogP contribution is -2.26. The van der Waals surface area contributed by atoms with Crippen LogP contribution >= 0.6 is 11.3 Å². The van der Waals surface area contributed by atoms with Gasteiger partial charge in [-0.05, 0) is 17.9 Å². The molecule has 3 heterocycles. The third-order valence-corrected chi connectivity index (χ3v) is 3.36. The molecule has 2 aromatic heterocycles. The number of hydrogen-bond donors (Lipinski definition) is 0. The highest BCUT2D eigenvalue weighted by Gasteiger charge is 2.24. The highest BCUT2D eigenvalue weighted by atomic mass is 32.1. The number of nitrogens with zero attached hydrogens (tertiary/aromatic N) is 2. The number of hydrogen-bond acceptors (Lipinski definition) is 5. The minimum atomic E-state index is -0.242. The van der Waals surface area contributed by atoms with Crippen LogP contribution in [0, 0.1) is 0 Å². The van der Waals surface area contributed by atoms with Gasteiger partial charge in [0.05, 0.1) is 18.0 Å². The van der Waals surface area contributed by atoms with E-state index in [1.807, 2.05) is 17.5 Å². The van der Waals surface area contributed by atoms with E-state index in [0.717, 1.165) is 11.3 Å². The van der Waals surface area contributed by atoms with E-state index in [0.29, 0.717) is 18.9 Å². The number of carbonyl (C=O) groups is 1. The van der Waals surface area contributed by atoms with Crippen molar-refractivity contribution in [3.05, 3.63) is 29.3 Å². The van der Waals surface area contributed by atoms with E-state index in [9.17, 15) is 4.79 Å². The fraction of sp³-hybridized carbons (Fsp3) is 0.273. The first-order valence-electron chi connectivity index (χ1n) is 5.30. The van der Waals surface area contributed by atoms with Gasteiger partial charge in [-0.3, -0.25) is 9.63 Å². The molecular weight excluding hydrogens is 240 g/mol. The molecule has 0 atom stereocenters. The van der Waals surface area contributed by atoms with Gasteiger partial charge in [-0.1, -0.05) is 11.2 Å². The summed E-state index contributed by atoms with van der Waals surface area (Å²) in [6.45, 7) is 1.20. The molecule has 1 amide bonds. The second kappa shape index (κ2) is 4.31. The SMILES string of the molecule is O=C(c1cc(-c2cccs2)on1)N1CCCO1. The lowest BCUT2D eigenvalue weighted by molar-refractivity contribution is -0.0773. The molecule has 0 spiro atoms. The van der Waals surface area contributed by atoms with Gasteiger partial charge in [-0.25, -0.2) is 5.06 Å². The van der Waals surface area contributed by atoms with E-state index < -0.39 is 0 Å². The molecule has 0 aromatic carbocycles. The number of thiophene rings is 1. The van der Waals surface area contributed by atoms with Gasteiger partial charge in [0.15, 0.2) is 11.5 Å². The fourth-order valence-electron chi connectivity index (χ4n) is 1.65. The van der Waals surface area contributed by atoms with Crippen LogP contribution < -0.4 is 0 Å². The van der Waals surface area contributed by atoms with Crippen LogP contribution in [0.3, 0.4) is 0 Å². The first kappa shape index (κ1) is 10.5. The molecule has 1 aliphatic heterocycles. The van der Waals surface area contributed by atoms with Crippen LogP contribution in [-0.2, 0) is 4.84 Å². The second-order valence-electron chi connectivity index (χ2n) is 3.65. The summed E-state index contributed by atoms with van der Waals surface area (Å²) in [5.74, 6) is 0.372. The Hall–Kier alpha value is -1.66. The summed E-state index contributed by atoms with van der Waals surface area (Å²) in [5, 5.41) is 7.05. The Morgan fingerprint density at radius 1 is 1.53 bits per heavy atom. The standard InChI is InChI=1S/C11H10N2O3S/c14-11(13-4-2-5-15-13)8-7-9(16-12-8)10-3-1-6-17-10/h1,3,6-7H,2,4-5H2. The van der Waals surface area contributed by atoms with Crippen LogP contribution in [0.5, 0.6) is 0 Å². The third-order valence-electron chi connectivity index (χ3n) is 2.47. The first-order chi connectivity index (χ1) is 8.34. The summed E-state index contributed by atoms with van der Waals surface area (Å²) in [5.41, 5.74) is 0.287. The van der Waals surface area contributed by atoms with E-state index >= 15 is 0 Å². The largest absolute Gasteiger partial charge is 0.355 e. The van der Waals surface area contributed by atoms with Crippen molar-refractivity contribution >= 4 is 17.2 Å². The number of aromatic nitrogens is 1. The summed E-state index contributed by atoms with van der Waals surface area (Å²) >= 11 is 1.54. The zero-order valence-electron chi connectivity index (χ0n) is 8.96. The van der Waals surface area contributed by atoms with Crippen LogP contribution in [0.4, 0.5) is 0 Å². The third kappa shape index (κ3) is 1.96. The molecule has 6 heteroatoms. The average molecular weight is 250 g/mol. The van der Waals surface area contributed by atoms with Gasteiger partial charge >= 0.3 is 0 Å². The molecule has 17 heavy (non-hydrogen) atoms. The molecule has 1 saturated heterocycles. The van der Waals surface area contributed by atoms with Gasteiger partial charge in [-0.2, -0.15) is 0 Å². The number of carbonyl (C=O) groups excluding carboxylic acids is 1. The predicted molar refractivity (Wildman–Crippen MR) is 61.4 cm³/mol. The Bertz CT molecular complexity index is 515. The van der Waals surface area contributed by atoms with E-state index in [2.05, 4.69) is 5.16 Å². The monoisotopic (exact) mass is 250 g/mol. The second-order valence-corrected chi connectivity index (χ2v) is 4.60. The lowest BCUT2D eigenvalue weighted by Gasteiger charge is -2.10. The van der Waals surface area contributed by atoms with Crippen molar-refractivity contribution in [1.82, 2.24) is 10.2 Å². The summed E-state index contributed by atoms with van der Waals surface area (Å²) in [7, 11) is 0. The molecule has 1 aliphatic rings. The molecular formula is C11H10N2O3S. The fourth-order valence-corrected chi connectivity index (χ4v) is 2.32. The zero-order valence-corrected chi connectivity index (χ0v) is 9.77. The topological polar surface area (TPSA) is 55.6 Å². The molecule has 0 bridgehead atoms. The summed E-state index contributed by atoms with van der Waals surface area (Å²) < 4.78 is 5.15. The Morgan fingerprint density at radius 2 is 2.47 bits per heavy atom. The molecule has 1 fully saturated rings. The highest BCUT2D eigenvalue weighted by molar-refractivity contribution is 7.13. The van der Waals surface area contributed by atoms with Crippen molar-refractivity contribution in [2.45, 2.75) is 6.42 Å². The molecule has 2 aromatic rings.